The first-order chi connectivity index (χ1) is 21.1. The number of amides is 2. The van der Waals surface area contributed by atoms with E-state index >= 15 is 0 Å². The summed E-state index contributed by atoms with van der Waals surface area (Å²) in [7, 11) is -4.28. The second-order valence-electron chi connectivity index (χ2n) is 10.5. The molecular formula is C34H35Cl2N3O4S. The Bertz CT molecular complexity index is 1660. The maximum atomic E-state index is 14.5. The number of anilines is 1. The van der Waals surface area contributed by atoms with Crippen molar-refractivity contribution in [2.45, 2.75) is 50.2 Å². The third-order valence-electron chi connectivity index (χ3n) is 7.25. The lowest BCUT2D eigenvalue weighted by molar-refractivity contribution is -0.140. The van der Waals surface area contributed by atoms with Gasteiger partial charge in [0, 0.05) is 24.0 Å². The summed E-state index contributed by atoms with van der Waals surface area (Å²) in [4.78, 5) is 29.7. The molecule has 2 atom stereocenters. The first-order valence-electron chi connectivity index (χ1n) is 14.3. The Kier molecular flexibility index (Phi) is 11.4. The Morgan fingerprint density at radius 3 is 1.98 bits per heavy atom. The quantitative estimate of drug-likeness (QED) is 0.173. The number of nitrogens with zero attached hydrogens (tertiary/aromatic N) is 2. The Morgan fingerprint density at radius 1 is 0.818 bits per heavy atom. The molecule has 4 aromatic rings. The van der Waals surface area contributed by atoms with E-state index in [1.165, 1.54) is 29.2 Å². The van der Waals surface area contributed by atoms with E-state index in [-0.39, 0.29) is 45.5 Å². The lowest BCUT2D eigenvalue weighted by Crippen LogP contribution is -2.54. The highest BCUT2D eigenvalue weighted by Gasteiger charge is 2.35. The van der Waals surface area contributed by atoms with E-state index in [9.17, 15) is 18.0 Å². The average Bonchev–Trinajstić information content (AvgIpc) is 3.03. The lowest BCUT2D eigenvalue weighted by Gasteiger charge is -2.34. The number of benzene rings is 4. The van der Waals surface area contributed by atoms with E-state index in [1.807, 2.05) is 74.5 Å². The van der Waals surface area contributed by atoms with Gasteiger partial charge in [-0.25, -0.2) is 8.42 Å². The minimum Gasteiger partial charge on any atom is -0.352 e. The minimum absolute atomic E-state index is 0.0196. The standard InChI is InChI=1S/C34H35Cl2N3O4S/c1-3-25(2)37-34(41)32(21-26-13-7-4-8-14-26)38(23-27-15-9-5-10-16-27)33(40)24-39(31-22-28(35)19-20-30(31)36)44(42,43)29-17-11-6-12-18-29/h4-20,22,25,32H,3,21,23-24H2,1-2H3,(H,37,41). The number of nitrogens with one attached hydrogen (secondary N) is 1. The van der Waals surface area contributed by atoms with Crippen LogP contribution in [-0.4, -0.2) is 43.8 Å². The SMILES string of the molecule is CCC(C)NC(=O)C(Cc1ccccc1)N(Cc1ccccc1)C(=O)CN(c1cc(Cl)ccc1Cl)S(=O)(=O)c1ccccc1. The van der Waals surface area contributed by atoms with Crippen molar-refractivity contribution in [1.82, 2.24) is 10.2 Å². The molecule has 1 N–H and O–H groups in total. The van der Waals surface area contributed by atoms with Gasteiger partial charge in [0.1, 0.15) is 12.6 Å². The van der Waals surface area contributed by atoms with Gasteiger partial charge in [0.05, 0.1) is 15.6 Å². The van der Waals surface area contributed by atoms with Gasteiger partial charge in [-0.2, -0.15) is 0 Å². The zero-order valence-corrected chi connectivity index (χ0v) is 26.9. The van der Waals surface area contributed by atoms with Gasteiger partial charge >= 0.3 is 0 Å². The summed E-state index contributed by atoms with van der Waals surface area (Å²) in [6.45, 7) is 3.32. The summed E-state index contributed by atoms with van der Waals surface area (Å²) < 4.78 is 29.1. The summed E-state index contributed by atoms with van der Waals surface area (Å²) in [6, 6.07) is 29.9. The molecule has 0 fully saturated rings. The molecule has 0 bridgehead atoms. The first kappa shape index (κ1) is 33.1. The lowest BCUT2D eigenvalue weighted by atomic mass is 10.0. The number of halogens is 2. The Balaban J connectivity index is 1.82. The van der Waals surface area contributed by atoms with E-state index in [4.69, 9.17) is 23.2 Å². The zero-order chi connectivity index (χ0) is 31.7. The van der Waals surface area contributed by atoms with Gasteiger partial charge in [0.15, 0.2) is 0 Å². The van der Waals surface area contributed by atoms with Crippen LogP contribution in [0.1, 0.15) is 31.4 Å². The van der Waals surface area contributed by atoms with Crippen LogP contribution < -0.4 is 9.62 Å². The number of hydrogen-bond acceptors (Lipinski definition) is 4. The van der Waals surface area contributed by atoms with Gasteiger partial charge in [-0.1, -0.05) is 109 Å². The van der Waals surface area contributed by atoms with Crippen LogP contribution in [0.5, 0.6) is 0 Å². The maximum absolute atomic E-state index is 14.5. The molecule has 0 aliphatic rings. The van der Waals surface area contributed by atoms with Gasteiger partial charge in [0.2, 0.25) is 11.8 Å². The van der Waals surface area contributed by atoms with Crippen molar-refractivity contribution in [3.63, 3.8) is 0 Å². The van der Waals surface area contributed by atoms with Gasteiger partial charge < -0.3 is 10.2 Å². The van der Waals surface area contributed by atoms with Gasteiger partial charge in [-0.3, -0.25) is 13.9 Å². The monoisotopic (exact) mass is 651 g/mol. The summed E-state index contributed by atoms with van der Waals surface area (Å²) in [5.41, 5.74) is 1.70. The minimum atomic E-state index is -4.28. The molecule has 4 aromatic carbocycles. The van der Waals surface area contributed by atoms with Crippen molar-refractivity contribution in [2.24, 2.45) is 0 Å². The van der Waals surface area contributed by atoms with Crippen LogP contribution in [0.15, 0.2) is 114 Å². The topological polar surface area (TPSA) is 86.8 Å². The molecule has 2 amide bonds. The van der Waals surface area contributed by atoms with Crippen molar-refractivity contribution < 1.29 is 18.0 Å². The third-order valence-corrected chi connectivity index (χ3v) is 9.58. The van der Waals surface area contributed by atoms with Crippen LogP contribution in [0, 0.1) is 0 Å². The molecule has 0 heterocycles. The molecule has 4 rings (SSSR count). The number of hydrogen-bond donors (Lipinski definition) is 1. The fraction of sp³-hybridized carbons (Fsp3) is 0.235. The van der Waals surface area contributed by atoms with Crippen LogP contribution in [0.4, 0.5) is 5.69 Å². The van der Waals surface area contributed by atoms with Crippen LogP contribution >= 0.6 is 23.2 Å². The predicted molar refractivity (Wildman–Crippen MR) is 176 cm³/mol. The van der Waals surface area contributed by atoms with Crippen LogP contribution in [0.25, 0.3) is 0 Å². The van der Waals surface area contributed by atoms with Crippen LogP contribution in [0.3, 0.4) is 0 Å². The van der Waals surface area contributed by atoms with Crippen molar-refractivity contribution >= 4 is 50.7 Å². The summed E-state index contributed by atoms with van der Waals surface area (Å²) in [6.07, 6.45) is 0.928. The van der Waals surface area contributed by atoms with Gasteiger partial charge in [-0.05, 0) is 54.8 Å². The fourth-order valence-electron chi connectivity index (χ4n) is 4.69. The van der Waals surface area contributed by atoms with Crippen LogP contribution in [0.2, 0.25) is 10.0 Å². The molecule has 0 aliphatic carbocycles. The molecule has 0 saturated heterocycles. The van der Waals surface area contributed by atoms with E-state index < -0.39 is 28.5 Å². The summed E-state index contributed by atoms with van der Waals surface area (Å²) >= 11 is 12.8. The largest absolute Gasteiger partial charge is 0.352 e. The molecule has 2 unspecified atom stereocenters. The van der Waals surface area contributed by atoms with E-state index in [0.29, 0.717) is 6.42 Å². The van der Waals surface area contributed by atoms with Crippen molar-refractivity contribution in [1.29, 1.82) is 0 Å². The Labute approximate surface area is 269 Å². The summed E-state index contributed by atoms with van der Waals surface area (Å²) in [5, 5.41) is 3.38. The van der Waals surface area contributed by atoms with Gasteiger partial charge in [0.25, 0.3) is 10.0 Å². The fourth-order valence-corrected chi connectivity index (χ4v) is 6.57. The van der Waals surface area contributed by atoms with Crippen molar-refractivity contribution in [2.75, 3.05) is 10.8 Å². The second kappa shape index (κ2) is 15.2. The Morgan fingerprint density at radius 2 is 1.39 bits per heavy atom. The molecule has 0 radical (unpaired) electrons. The Hall–Kier alpha value is -3.85. The summed E-state index contributed by atoms with van der Waals surface area (Å²) in [5.74, 6) is -0.907. The normalized spacial score (nSPS) is 12.6. The highest BCUT2D eigenvalue weighted by atomic mass is 35.5. The smallest absolute Gasteiger partial charge is 0.264 e. The molecule has 0 aliphatic heterocycles. The highest BCUT2D eigenvalue weighted by molar-refractivity contribution is 7.92. The van der Waals surface area contributed by atoms with Crippen molar-refractivity contribution in [3.8, 4) is 0 Å². The molecule has 10 heteroatoms. The number of rotatable bonds is 13. The third kappa shape index (κ3) is 8.40. The molecule has 0 aromatic heterocycles. The number of sulfonamides is 1. The zero-order valence-electron chi connectivity index (χ0n) is 24.6. The molecular weight excluding hydrogens is 617 g/mol. The number of carbonyl (C=O) groups is 2. The highest BCUT2D eigenvalue weighted by Crippen LogP contribution is 2.33. The molecule has 0 spiro atoms. The second-order valence-corrected chi connectivity index (χ2v) is 13.2. The van der Waals surface area contributed by atoms with Crippen molar-refractivity contribution in [3.05, 3.63) is 130 Å². The van der Waals surface area contributed by atoms with Gasteiger partial charge in [-0.15, -0.1) is 0 Å². The molecule has 0 saturated carbocycles. The van der Waals surface area contributed by atoms with E-state index in [2.05, 4.69) is 5.32 Å². The predicted octanol–water partition coefficient (Wildman–Crippen LogP) is 6.74. The maximum Gasteiger partial charge on any atom is 0.264 e. The first-order valence-corrected chi connectivity index (χ1v) is 16.5. The van der Waals surface area contributed by atoms with E-state index in [1.54, 1.807) is 24.3 Å². The molecule has 44 heavy (non-hydrogen) atoms. The molecule has 230 valence electrons. The average molecular weight is 653 g/mol. The van der Waals surface area contributed by atoms with E-state index in [0.717, 1.165) is 15.4 Å². The molecule has 7 nitrogen and oxygen atoms in total. The van der Waals surface area contributed by atoms with Crippen LogP contribution in [-0.2, 0) is 32.6 Å². The number of carbonyl (C=O) groups excluding carboxylic acids is 2.